The average molecular weight is 233 g/mol. The molecule has 4 bridgehead atoms. The highest BCUT2D eigenvalue weighted by Crippen LogP contribution is 2.69. The van der Waals surface area contributed by atoms with E-state index in [0.29, 0.717) is 16.7 Å². The highest BCUT2D eigenvalue weighted by atomic mass is 16.2. The van der Waals surface area contributed by atoms with Gasteiger partial charge in [0.25, 0.3) is 5.91 Å². The van der Waals surface area contributed by atoms with Gasteiger partial charge in [0.2, 0.25) is 6.08 Å². The van der Waals surface area contributed by atoms with Crippen LogP contribution in [-0.4, -0.2) is 12.0 Å². The molecule has 2 atom stereocenters. The number of rotatable bonds is 1. The third-order valence-corrected chi connectivity index (χ3v) is 5.23. The van der Waals surface area contributed by atoms with E-state index in [0.717, 1.165) is 19.3 Å². The number of carbonyl (C=O) groups is 1. The molecule has 4 aliphatic rings. The summed E-state index contributed by atoms with van der Waals surface area (Å²) in [6.07, 6.45) is 7.98. The van der Waals surface area contributed by atoms with Crippen molar-refractivity contribution in [2.45, 2.75) is 52.4 Å². The normalized spacial score (nSPS) is 51.1. The van der Waals surface area contributed by atoms with Crippen molar-refractivity contribution in [3.8, 4) is 0 Å². The molecule has 0 aromatic carbocycles. The molecule has 0 aromatic rings. The zero-order valence-corrected chi connectivity index (χ0v) is 10.6. The van der Waals surface area contributed by atoms with Crippen LogP contribution in [0.1, 0.15) is 52.4 Å². The van der Waals surface area contributed by atoms with Gasteiger partial charge in [-0.2, -0.15) is 0 Å². The number of nitrogens with zero attached hydrogens (tertiary/aromatic N) is 1. The molecular formula is C14H19NO2. The fourth-order valence-electron chi connectivity index (χ4n) is 5.85. The molecule has 2 unspecified atom stereocenters. The quantitative estimate of drug-likeness (QED) is 0.516. The third kappa shape index (κ3) is 1.52. The molecule has 0 spiro atoms. The Bertz CT molecular complexity index is 418. The van der Waals surface area contributed by atoms with Crippen molar-refractivity contribution < 1.29 is 9.59 Å². The summed E-state index contributed by atoms with van der Waals surface area (Å²) in [5, 5.41) is 0. The summed E-state index contributed by atoms with van der Waals surface area (Å²) in [5.74, 6) is 0.459. The van der Waals surface area contributed by atoms with Gasteiger partial charge in [-0.15, -0.1) is 4.99 Å². The van der Waals surface area contributed by atoms with E-state index >= 15 is 0 Å². The number of aliphatic imine (C=N–C) groups is 1. The summed E-state index contributed by atoms with van der Waals surface area (Å²) >= 11 is 0. The maximum absolute atomic E-state index is 12.2. The van der Waals surface area contributed by atoms with E-state index in [1.807, 2.05) is 0 Å². The lowest BCUT2D eigenvalue weighted by molar-refractivity contribution is -0.166. The molecule has 0 aliphatic heterocycles. The van der Waals surface area contributed by atoms with Crippen molar-refractivity contribution in [3.63, 3.8) is 0 Å². The Hall–Kier alpha value is -0.950. The van der Waals surface area contributed by atoms with E-state index in [1.165, 1.54) is 25.3 Å². The average Bonchev–Trinajstić information content (AvgIpc) is 2.11. The molecule has 3 nitrogen and oxygen atoms in total. The predicted octanol–water partition coefficient (Wildman–Crippen LogP) is 2.85. The number of carbonyl (C=O) groups excluding carboxylic acids is 2. The van der Waals surface area contributed by atoms with Gasteiger partial charge in [0, 0.05) is 0 Å². The Kier molecular flexibility index (Phi) is 2.02. The topological polar surface area (TPSA) is 46.5 Å². The molecule has 4 fully saturated rings. The third-order valence-electron chi connectivity index (χ3n) is 5.23. The summed E-state index contributed by atoms with van der Waals surface area (Å²) in [6, 6.07) is 0. The largest absolute Gasteiger partial charge is 0.271 e. The Labute approximate surface area is 102 Å². The Balaban J connectivity index is 2.03. The maximum atomic E-state index is 12.2. The summed E-state index contributed by atoms with van der Waals surface area (Å²) in [6.45, 7) is 4.62. The predicted molar refractivity (Wildman–Crippen MR) is 63.0 cm³/mol. The van der Waals surface area contributed by atoms with Gasteiger partial charge >= 0.3 is 0 Å². The van der Waals surface area contributed by atoms with Crippen LogP contribution < -0.4 is 0 Å². The molecular weight excluding hydrogens is 214 g/mol. The van der Waals surface area contributed by atoms with Crippen LogP contribution in [0, 0.1) is 22.2 Å². The minimum atomic E-state index is -0.333. The van der Waals surface area contributed by atoms with E-state index in [2.05, 4.69) is 18.8 Å². The second kappa shape index (κ2) is 3.08. The van der Waals surface area contributed by atoms with E-state index < -0.39 is 0 Å². The molecule has 0 N–H and O–H groups in total. The van der Waals surface area contributed by atoms with Crippen LogP contribution >= 0.6 is 0 Å². The van der Waals surface area contributed by atoms with Crippen LogP contribution in [0.5, 0.6) is 0 Å². The van der Waals surface area contributed by atoms with Crippen molar-refractivity contribution >= 4 is 12.0 Å². The van der Waals surface area contributed by atoms with E-state index in [-0.39, 0.29) is 11.3 Å². The second-order valence-electron chi connectivity index (χ2n) is 7.42. The lowest BCUT2D eigenvalue weighted by Gasteiger charge is -2.64. The molecule has 0 radical (unpaired) electrons. The van der Waals surface area contributed by atoms with Gasteiger partial charge in [-0.3, -0.25) is 4.79 Å². The van der Waals surface area contributed by atoms with Gasteiger partial charge in [-0.1, -0.05) is 13.8 Å². The van der Waals surface area contributed by atoms with Crippen molar-refractivity contribution in [1.82, 2.24) is 0 Å². The van der Waals surface area contributed by atoms with Crippen molar-refractivity contribution in [3.05, 3.63) is 0 Å². The van der Waals surface area contributed by atoms with Crippen LogP contribution in [0.25, 0.3) is 0 Å². The maximum Gasteiger partial charge on any atom is 0.262 e. The second-order valence-corrected chi connectivity index (χ2v) is 7.42. The van der Waals surface area contributed by atoms with E-state index in [4.69, 9.17) is 0 Å². The van der Waals surface area contributed by atoms with Crippen molar-refractivity contribution in [1.29, 1.82) is 0 Å². The Morgan fingerprint density at radius 1 is 1.12 bits per heavy atom. The molecule has 1 amide bonds. The van der Waals surface area contributed by atoms with Gasteiger partial charge < -0.3 is 0 Å². The number of isocyanates is 1. The Morgan fingerprint density at radius 2 is 1.71 bits per heavy atom. The first-order valence-electron chi connectivity index (χ1n) is 6.51. The monoisotopic (exact) mass is 233 g/mol. The first-order chi connectivity index (χ1) is 7.89. The van der Waals surface area contributed by atoms with Crippen LogP contribution in [0.3, 0.4) is 0 Å². The summed E-state index contributed by atoms with van der Waals surface area (Å²) in [7, 11) is 0. The molecule has 4 saturated carbocycles. The Morgan fingerprint density at radius 3 is 2.18 bits per heavy atom. The van der Waals surface area contributed by atoms with Gasteiger partial charge in [-0.25, -0.2) is 4.79 Å². The highest BCUT2D eigenvalue weighted by molar-refractivity contribution is 5.87. The molecule has 3 heteroatoms. The van der Waals surface area contributed by atoms with Crippen molar-refractivity contribution in [2.24, 2.45) is 27.2 Å². The highest BCUT2D eigenvalue weighted by Gasteiger charge is 2.62. The number of amides is 1. The summed E-state index contributed by atoms with van der Waals surface area (Å²) in [5.41, 5.74) is 0.255. The molecule has 4 aliphatic carbocycles. The molecule has 4 rings (SSSR count). The number of hydrogen-bond acceptors (Lipinski definition) is 2. The first-order valence-corrected chi connectivity index (χ1v) is 6.51. The molecule has 17 heavy (non-hydrogen) atoms. The summed E-state index contributed by atoms with van der Waals surface area (Å²) < 4.78 is 0. The van der Waals surface area contributed by atoms with Crippen molar-refractivity contribution in [2.75, 3.05) is 0 Å². The molecule has 0 heterocycles. The molecule has 0 aromatic heterocycles. The molecule has 92 valence electrons. The first kappa shape index (κ1) is 11.2. The summed E-state index contributed by atoms with van der Waals surface area (Å²) in [4.78, 5) is 25.9. The minimum Gasteiger partial charge on any atom is -0.271 e. The zero-order valence-electron chi connectivity index (χ0n) is 10.6. The van der Waals surface area contributed by atoms with Crippen LogP contribution in [0.4, 0.5) is 0 Å². The van der Waals surface area contributed by atoms with E-state index in [1.54, 1.807) is 0 Å². The van der Waals surface area contributed by atoms with Crippen LogP contribution in [-0.2, 0) is 9.59 Å². The van der Waals surface area contributed by atoms with Gasteiger partial charge in [-0.05, 0) is 55.3 Å². The lowest BCUT2D eigenvalue weighted by Crippen LogP contribution is -2.57. The van der Waals surface area contributed by atoms with Gasteiger partial charge in [0.05, 0.1) is 5.41 Å². The fourth-order valence-corrected chi connectivity index (χ4v) is 5.85. The smallest absolute Gasteiger partial charge is 0.262 e. The standard InChI is InChI=1S/C14H19NO2/c1-12-3-10-4-13(2,6-12)8-14(5-10,7-12)11(17)15-9-16/h10H,3-8H2,1-2H3. The van der Waals surface area contributed by atoms with Crippen LogP contribution in [0.15, 0.2) is 4.99 Å². The van der Waals surface area contributed by atoms with Crippen LogP contribution in [0.2, 0.25) is 0 Å². The van der Waals surface area contributed by atoms with Gasteiger partial charge in [0.1, 0.15) is 0 Å². The SMILES string of the molecule is CC12CC3CC(C)(C1)CC(C(=O)N=C=O)(C3)C2. The lowest BCUT2D eigenvalue weighted by atomic mass is 9.40. The van der Waals surface area contributed by atoms with E-state index in [9.17, 15) is 9.59 Å². The zero-order chi connectivity index (χ0) is 12.3. The fraction of sp³-hybridized carbons (Fsp3) is 0.857. The molecule has 0 saturated heterocycles. The van der Waals surface area contributed by atoms with Gasteiger partial charge in [0.15, 0.2) is 0 Å². The minimum absolute atomic E-state index is 0.200. The number of hydrogen-bond donors (Lipinski definition) is 0.